The summed E-state index contributed by atoms with van der Waals surface area (Å²) in [6.07, 6.45) is 1.64. The largest absolute Gasteiger partial charge is 0.497 e. The minimum atomic E-state index is -0.658. The Hall–Kier alpha value is -2.82. The molecule has 2 aromatic carbocycles. The molecule has 3 N–H and O–H groups in total. The molecule has 1 atom stereocenters. The van der Waals surface area contributed by atoms with Crippen LogP contribution < -0.4 is 15.9 Å². The van der Waals surface area contributed by atoms with Crippen LogP contribution in [0.25, 0.3) is 0 Å². The van der Waals surface area contributed by atoms with Crippen molar-refractivity contribution in [3.63, 3.8) is 0 Å². The van der Waals surface area contributed by atoms with Crippen molar-refractivity contribution in [2.75, 3.05) is 7.11 Å². The third kappa shape index (κ3) is 2.85. The van der Waals surface area contributed by atoms with E-state index in [0.29, 0.717) is 0 Å². The molecule has 0 fully saturated rings. The number of hydrazone groups is 1. The molecule has 0 unspecified atom stereocenters. The Kier molecular flexibility index (Phi) is 4.25. The number of hydrogen-bond acceptors (Lipinski definition) is 3. The van der Waals surface area contributed by atoms with Gasteiger partial charge in [0.25, 0.3) is 0 Å². The SMILES string of the molecule is COc1ccc2c(c1)[C@](C)(c1ccccc1)CC/C2=N\NC(N)=O. The zero-order valence-corrected chi connectivity index (χ0v) is 13.9. The molecule has 0 heterocycles. The van der Waals surface area contributed by atoms with Gasteiger partial charge in [0.15, 0.2) is 0 Å². The lowest BCUT2D eigenvalue weighted by molar-refractivity contribution is 0.249. The fourth-order valence-corrected chi connectivity index (χ4v) is 3.34. The number of benzene rings is 2. The van der Waals surface area contributed by atoms with Crippen molar-refractivity contribution in [3.8, 4) is 5.75 Å². The highest BCUT2D eigenvalue weighted by Crippen LogP contribution is 2.43. The van der Waals surface area contributed by atoms with E-state index in [9.17, 15) is 4.79 Å². The average Bonchev–Trinajstić information content (AvgIpc) is 2.61. The maximum absolute atomic E-state index is 11.0. The summed E-state index contributed by atoms with van der Waals surface area (Å²) in [5.74, 6) is 0.806. The highest BCUT2D eigenvalue weighted by atomic mass is 16.5. The van der Waals surface area contributed by atoms with Gasteiger partial charge in [0.05, 0.1) is 12.8 Å². The number of carbonyl (C=O) groups is 1. The smallest absolute Gasteiger partial charge is 0.332 e. The van der Waals surface area contributed by atoms with Gasteiger partial charge in [0, 0.05) is 11.0 Å². The van der Waals surface area contributed by atoms with Crippen molar-refractivity contribution in [1.29, 1.82) is 0 Å². The molecule has 1 aliphatic rings. The monoisotopic (exact) mass is 323 g/mol. The Morgan fingerprint density at radius 3 is 2.67 bits per heavy atom. The summed E-state index contributed by atoms with van der Waals surface area (Å²) in [7, 11) is 1.66. The zero-order chi connectivity index (χ0) is 17.2. The number of primary amides is 1. The summed E-state index contributed by atoms with van der Waals surface area (Å²) in [4.78, 5) is 11.0. The molecule has 5 heteroatoms. The fraction of sp³-hybridized carbons (Fsp3) is 0.263. The number of nitrogens with zero attached hydrogens (tertiary/aromatic N) is 1. The molecule has 0 radical (unpaired) electrons. The van der Waals surface area contributed by atoms with E-state index in [2.05, 4.69) is 47.8 Å². The van der Waals surface area contributed by atoms with Crippen molar-refractivity contribution in [1.82, 2.24) is 5.43 Å². The Balaban J connectivity index is 2.14. The van der Waals surface area contributed by atoms with E-state index in [-0.39, 0.29) is 5.41 Å². The molecule has 0 bridgehead atoms. The molecule has 5 nitrogen and oxygen atoms in total. The molecular weight excluding hydrogens is 302 g/mol. The van der Waals surface area contributed by atoms with Crippen molar-refractivity contribution in [2.45, 2.75) is 25.2 Å². The van der Waals surface area contributed by atoms with Gasteiger partial charge in [-0.2, -0.15) is 5.10 Å². The summed E-state index contributed by atoms with van der Waals surface area (Å²) < 4.78 is 5.41. The molecule has 0 aromatic heterocycles. The van der Waals surface area contributed by atoms with Crippen molar-refractivity contribution in [3.05, 3.63) is 65.2 Å². The number of methoxy groups -OCH3 is 1. The van der Waals surface area contributed by atoms with Gasteiger partial charge in [-0.1, -0.05) is 37.3 Å². The standard InChI is InChI=1S/C19H21N3O2/c1-19(13-6-4-3-5-7-13)11-10-17(21-22-18(20)23)15-9-8-14(24-2)12-16(15)19/h3-9,12H,10-11H2,1-2H3,(H3,20,22,23)/b21-17+/t19-/m0/s1. The van der Waals surface area contributed by atoms with Gasteiger partial charge in [0.1, 0.15) is 5.75 Å². The molecule has 124 valence electrons. The summed E-state index contributed by atoms with van der Waals surface area (Å²) in [6, 6.07) is 15.7. The molecule has 3 rings (SSSR count). The number of nitrogens with one attached hydrogen (secondary N) is 1. The molecule has 2 amide bonds. The van der Waals surface area contributed by atoms with Gasteiger partial charge in [0.2, 0.25) is 0 Å². The van der Waals surface area contributed by atoms with Crippen LogP contribution in [-0.2, 0) is 5.41 Å². The van der Waals surface area contributed by atoms with Gasteiger partial charge in [-0.25, -0.2) is 10.2 Å². The third-order valence-electron chi connectivity index (χ3n) is 4.71. The lowest BCUT2D eigenvalue weighted by Crippen LogP contribution is -2.33. The lowest BCUT2D eigenvalue weighted by atomic mass is 9.67. The number of ether oxygens (including phenoxy) is 1. The topological polar surface area (TPSA) is 76.7 Å². The van der Waals surface area contributed by atoms with Crippen molar-refractivity contribution < 1.29 is 9.53 Å². The van der Waals surface area contributed by atoms with Crippen LogP contribution >= 0.6 is 0 Å². The quantitative estimate of drug-likeness (QED) is 0.851. The number of hydrogen-bond donors (Lipinski definition) is 2. The summed E-state index contributed by atoms with van der Waals surface area (Å²) in [5.41, 5.74) is 11.6. The predicted molar refractivity (Wildman–Crippen MR) is 94.4 cm³/mol. The minimum absolute atomic E-state index is 0.142. The van der Waals surface area contributed by atoms with Crippen molar-refractivity contribution in [2.24, 2.45) is 10.8 Å². The molecule has 0 saturated heterocycles. The van der Waals surface area contributed by atoms with E-state index in [1.165, 1.54) is 5.56 Å². The number of urea groups is 1. The summed E-state index contributed by atoms with van der Waals surface area (Å²) in [6.45, 7) is 2.24. The minimum Gasteiger partial charge on any atom is -0.497 e. The molecular formula is C19H21N3O2. The second-order valence-corrected chi connectivity index (χ2v) is 6.14. The van der Waals surface area contributed by atoms with E-state index in [4.69, 9.17) is 10.5 Å². The van der Waals surface area contributed by atoms with E-state index < -0.39 is 6.03 Å². The van der Waals surface area contributed by atoms with Crippen LogP contribution in [0.1, 0.15) is 36.5 Å². The second-order valence-electron chi connectivity index (χ2n) is 6.14. The second kappa shape index (κ2) is 6.35. The van der Waals surface area contributed by atoms with E-state index in [1.54, 1.807) is 7.11 Å². The highest BCUT2D eigenvalue weighted by molar-refractivity contribution is 6.04. The van der Waals surface area contributed by atoms with Crippen LogP contribution in [0.5, 0.6) is 5.75 Å². The van der Waals surface area contributed by atoms with E-state index >= 15 is 0 Å². The first kappa shape index (κ1) is 16.1. The molecule has 0 spiro atoms. The van der Waals surface area contributed by atoms with Gasteiger partial charge in [-0.3, -0.25) is 0 Å². The Bertz CT molecular complexity index is 786. The molecule has 2 aromatic rings. The Morgan fingerprint density at radius 1 is 1.25 bits per heavy atom. The third-order valence-corrected chi connectivity index (χ3v) is 4.71. The van der Waals surface area contributed by atoms with Crippen LogP contribution in [0.3, 0.4) is 0 Å². The van der Waals surface area contributed by atoms with Gasteiger partial charge in [-0.15, -0.1) is 0 Å². The number of amides is 2. The van der Waals surface area contributed by atoms with Crippen molar-refractivity contribution >= 4 is 11.7 Å². The molecule has 1 aliphatic carbocycles. The molecule has 0 aliphatic heterocycles. The number of fused-ring (bicyclic) bond motifs is 1. The average molecular weight is 323 g/mol. The lowest BCUT2D eigenvalue weighted by Gasteiger charge is -2.37. The first-order valence-corrected chi connectivity index (χ1v) is 7.91. The van der Waals surface area contributed by atoms with Gasteiger partial charge >= 0.3 is 6.03 Å². The van der Waals surface area contributed by atoms with Crippen LogP contribution in [0.2, 0.25) is 0 Å². The van der Waals surface area contributed by atoms with Crippen LogP contribution in [0.15, 0.2) is 53.6 Å². The van der Waals surface area contributed by atoms with Gasteiger partial charge < -0.3 is 10.5 Å². The maximum Gasteiger partial charge on any atom is 0.332 e. The van der Waals surface area contributed by atoms with Crippen LogP contribution in [0, 0.1) is 0 Å². The first-order chi connectivity index (χ1) is 11.5. The Morgan fingerprint density at radius 2 is 2.00 bits per heavy atom. The maximum atomic E-state index is 11.0. The van der Waals surface area contributed by atoms with E-state index in [0.717, 1.165) is 35.4 Å². The first-order valence-electron chi connectivity index (χ1n) is 7.91. The normalized spacial score (nSPS) is 21.2. The number of rotatable bonds is 3. The Labute approximate surface area is 141 Å². The molecule has 24 heavy (non-hydrogen) atoms. The van der Waals surface area contributed by atoms with Gasteiger partial charge in [-0.05, 0) is 42.2 Å². The van der Waals surface area contributed by atoms with E-state index in [1.807, 2.05) is 18.2 Å². The van der Waals surface area contributed by atoms with Crippen LogP contribution in [-0.4, -0.2) is 18.9 Å². The summed E-state index contributed by atoms with van der Waals surface area (Å²) in [5, 5.41) is 4.19. The highest BCUT2D eigenvalue weighted by Gasteiger charge is 2.36. The number of nitrogens with two attached hydrogens (primary N) is 1. The molecule has 0 saturated carbocycles. The zero-order valence-electron chi connectivity index (χ0n) is 13.9. The summed E-state index contributed by atoms with van der Waals surface area (Å²) >= 11 is 0. The fourth-order valence-electron chi connectivity index (χ4n) is 3.34. The number of carbonyl (C=O) groups excluding carboxylic acids is 1. The predicted octanol–water partition coefficient (Wildman–Crippen LogP) is 3.17. The van der Waals surface area contributed by atoms with Crippen LogP contribution in [0.4, 0.5) is 4.79 Å².